The molecule has 0 aliphatic heterocycles. The Kier molecular flexibility index (Phi) is 5.91. The molecule has 1 fully saturated rings. The van der Waals surface area contributed by atoms with Crippen LogP contribution in [-0.2, 0) is 0 Å². The maximum absolute atomic E-state index is 12.0. The first kappa shape index (κ1) is 16.9. The summed E-state index contributed by atoms with van der Waals surface area (Å²) in [6, 6.07) is 3.19. The fraction of sp³-hybridized carbons (Fsp3) is 0.562. The molecule has 0 radical (unpaired) electrons. The molecular formula is C16H23ClN2O3. The molecule has 2 rings (SSSR count). The molecule has 5 nitrogen and oxygen atoms in total. The fourth-order valence-electron chi connectivity index (χ4n) is 2.78. The second-order valence-corrected chi connectivity index (χ2v) is 6.23. The number of urea groups is 1. The van der Waals surface area contributed by atoms with Crippen molar-refractivity contribution in [3.63, 3.8) is 0 Å². The van der Waals surface area contributed by atoms with E-state index in [2.05, 4.69) is 10.6 Å². The second-order valence-electron chi connectivity index (χ2n) is 5.82. The molecule has 122 valence electrons. The average Bonchev–Trinajstić information content (AvgIpc) is 2.49. The molecule has 2 atom stereocenters. The predicted molar refractivity (Wildman–Crippen MR) is 87.7 cm³/mol. The van der Waals surface area contributed by atoms with Crippen molar-refractivity contribution >= 4 is 23.3 Å². The molecule has 1 aromatic carbocycles. The zero-order valence-electron chi connectivity index (χ0n) is 13.0. The van der Waals surface area contributed by atoms with Crippen molar-refractivity contribution in [2.24, 2.45) is 5.92 Å². The van der Waals surface area contributed by atoms with Gasteiger partial charge in [-0.2, -0.15) is 0 Å². The number of aliphatic hydroxyl groups is 1. The third-order valence-corrected chi connectivity index (χ3v) is 4.44. The lowest BCUT2D eigenvalue weighted by atomic mass is 9.87. The van der Waals surface area contributed by atoms with Gasteiger partial charge in [-0.05, 0) is 43.7 Å². The number of rotatable bonds is 4. The van der Waals surface area contributed by atoms with Crippen LogP contribution in [0.2, 0.25) is 5.02 Å². The van der Waals surface area contributed by atoms with Crippen LogP contribution >= 0.6 is 11.6 Å². The Morgan fingerprint density at radius 1 is 1.45 bits per heavy atom. The first-order valence-electron chi connectivity index (χ1n) is 7.56. The molecule has 2 amide bonds. The minimum Gasteiger partial charge on any atom is -0.495 e. The number of carbonyl (C=O) groups is 1. The van der Waals surface area contributed by atoms with E-state index in [1.54, 1.807) is 12.1 Å². The van der Waals surface area contributed by atoms with Crippen LogP contribution in [0.15, 0.2) is 12.1 Å². The van der Waals surface area contributed by atoms with Crippen molar-refractivity contribution in [3.05, 3.63) is 22.7 Å². The van der Waals surface area contributed by atoms with Crippen molar-refractivity contribution in [3.8, 4) is 5.75 Å². The van der Waals surface area contributed by atoms with Gasteiger partial charge < -0.3 is 20.5 Å². The first-order valence-corrected chi connectivity index (χ1v) is 7.94. The Balaban J connectivity index is 1.90. The number of aryl methyl sites for hydroxylation is 1. The van der Waals surface area contributed by atoms with Crippen LogP contribution in [0.1, 0.15) is 31.2 Å². The normalized spacial score (nSPS) is 21.3. The molecule has 0 spiro atoms. The topological polar surface area (TPSA) is 70.6 Å². The standard InChI is InChI=1S/C16H23ClN2O3/c1-10-6-14(15(22-2)8-13(10)17)19-16(21)18-9-11-4-3-5-12(20)7-11/h6,8,11-12,20H,3-5,7,9H2,1-2H3,(H2,18,19,21). The summed E-state index contributed by atoms with van der Waals surface area (Å²) in [5.74, 6) is 0.863. The first-order chi connectivity index (χ1) is 10.5. The van der Waals surface area contributed by atoms with Gasteiger partial charge in [-0.3, -0.25) is 0 Å². The number of benzene rings is 1. The van der Waals surface area contributed by atoms with Crippen LogP contribution in [0.4, 0.5) is 10.5 Å². The Bertz CT molecular complexity index is 536. The monoisotopic (exact) mass is 326 g/mol. The molecule has 1 aliphatic rings. The molecule has 2 unspecified atom stereocenters. The predicted octanol–water partition coefficient (Wildman–Crippen LogP) is 3.33. The molecule has 6 heteroatoms. The van der Waals surface area contributed by atoms with E-state index >= 15 is 0 Å². The Labute approximate surface area is 136 Å². The smallest absolute Gasteiger partial charge is 0.319 e. The van der Waals surface area contributed by atoms with Gasteiger partial charge in [0.2, 0.25) is 0 Å². The van der Waals surface area contributed by atoms with Crippen molar-refractivity contribution < 1.29 is 14.6 Å². The number of nitrogens with one attached hydrogen (secondary N) is 2. The van der Waals surface area contributed by atoms with Crippen molar-refractivity contribution in [2.75, 3.05) is 19.0 Å². The molecule has 1 saturated carbocycles. The quantitative estimate of drug-likeness (QED) is 0.794. The van der Waals surface area contributed by atoms with E-state index in [0.29, 0.717) is 28.9 Å². The van der Waals surface area contributed by atoms with Crippen LogP contribution < -0.4 is 15.4 Å². The molecule has 0 saturated heterocycles. The highest BCUT2D eigenvalue weighted by molar-refractivity contribution is 6.31. The van der Waals surface area contributed by atoms with Gasteiger partial charge in [-0.1, -0.05) is 18.0 Å². The third kappa shape index (κ3) is 4.52. The lowest BCUT2D eigenvalue weighted by Crippen LogP contribution is -2.35. The van der Waals surface area contributed by atoms with E-state index in [-0.39, 0.29) is 12.1 Å². The van der Waals surface area contributed by atoms with Gasteiger partial charge in [0.15, 0.2) is 0 Å². The summed E-state index contributed by atoms with van der Waals surface area (Å²) in [7, 11) is 1.54. The molecule has 1 aliphatic carbocycles. The lowest BCUT2D eigenvalue weighted by Gasteiger charge is -2.26. The number of carbonyl (C=O) groups excluding carboxylic acids is 1. The Morgan fingerprint density at radius 3 is 2.91 bits per heavy atom. The SMILES string of the molecule is COc1cc(Cl)c(C)cc1NC(=O)NCC1CCCC(O)C1. The summed E-state index contributed by atoms with van der Waals surface area (Å²) in [5.41, 5.74) is 1.46. The number of aliphatic hydroxyl groups excluding tert-OH is 1. The number of amides is 2. The van der Waals surface area contributed by atoms with Gasteiger partial charge in [0, 0.05) is 17.6 Å². The molecule has 3 N–H and O–H groups in total. The third-order valence-electron chi connectivity index (χ3n) is 4.04. The number of ether oxygens (including phenoxy) is 1. The van der Waals surface area contributed by atoms with E-state index in [0.717, 1.165) is 31.2 Å². The second kappa shape index (κ2) is 7.70. The van der Waals surface area contributed by atoms with E-state index in [1.807, 2.05) is 6.92 Å². The summed E-state index contributed by atoms with van der Waals surface area (Å²) in [6.45, 7) is 2.44. The molecule has 0 aromatic heterocycles. The largest absolute Gasteiger partial charge is 0.495 e. The highest BCUT2D eigenvalue weighted by Crippen LogP contribution is 2.31. The number of anilines is 1. The summed E-state index contributed by atoms with van der Waals surface area (Å²) in [6.07, 6.45) is 3.44. The highest BCUT2D eigenvalue weighted by atomic mass is 35.5. The number of hydrogen-bond acceptors (Lipinski definition) is 3. The summed E-state index contributed by atoms with van der Waals surface area (Å²) in [4.78, 5) is 12.0. The van der Waals surface area contributed by atoms with E-state index in [9.17, 15) is 9.90 Å². The average molecular weight is 327 g/mol. The minimum absolute atomic E-state index is 0.234. The van der Waals surface area contributed by atoms with Gasteiger partial charge in [-0.25, -0.2) is 4.79 Å². The molecule has 0 bridgehead atoms. The minimum atomic E-state index is -0.278. The number of methoxy groups -OCH3 is 1. The van der Waals surface area contributed by atoms with Gasteiger partial charge in [0.05, 0.1) is 18.9 Å². The summed E-state index contributed by atoms with van der Waals surface area (Å²) < 4.78 is 5.23. The van der Waals surface area contributed by atoms with Gasteiger partial charge in [0.25, 0.3) is 0 Å². The van der Waals surface area contributed by atoms with Crippen molar-refractivity contribution in [1.29, 1.82) is 0 Å². The summed E-state index contributed by atoms with van der Waals surface area (Å²) in [5, 5.41) is 15.9. The summed E-state index contributed by atoms with van der Waals surface area (Å²) >= 11 is 6.05. The zero-order valence-corrected chi connectivity index (χ0v) is 13.7. The van der Waals surface area contributed by atoms with Crippen LogP contribution in [0.5, 0.6) is 5.75 Å². The number of halogens is 1. The van der Waals surface area contributed by atoms with Crippen LogP contribution in [0.3, 0.4) is 0 Å². The molecule has 22 heavy (non-hydrogen) atoms. The van der Waals surface area contributed by atoms with Crippen LogP contribution in [-0.4, -0.2) is 30.9 Å². The van der Waals surface area contributed by atoms with Gasteiger partial charge in [-0.15, -0.1) is 0 Å². The van der Waals surface area contributed by atoms with E-state index in [4.69, 9.17) is 16.3 Å². The van der Waals surface area contributed by atoms with Crippen LogP contribution in [0, 0.1) is 12.8 Å². The van der Waals surface area contributed by atoms with E-state index in [1.165, 1.54) is 7.11 Å². The number of hydrogen-bond donors (Lipinski definition) is 3. The highest BCUT2D eigenvalue weighted by Gasteiger charge is 2.20. The zero-order chi connectivity index (χ0) is 16.1. The van der Waals surface area contributed by atoms with Crippen molar-refractivity contribution in [1.82, 2.24) is 5.32 Å². The van der Waals surface area contributed by atoms with Gasteiger partial charge >= 0.3 is 6.03 Å². The molecule has 0 heterocycles. The Morgan fingerprint density at radius 2 is 2.23 bits per heavy atom. The molecule has 1 aromatic rings. The maximum Gasteiger partial charge on any atom is 0.319 e. The van der Waals surface area contributed by atoms with Crippen LogP contribution in [0.25, 0.3) is 0 Å². The Hall–Kier alpha value is -1.46. The van der Waals surface area contributed by atoms with Gasteiger partial charge in [0.1, 0.15) is 5.75 Å². The van der Waals surface area contributed by atoms with Crippen molar-refractivity contribution in [2.45, 2.75) is 38.7 Å². The fourth-order valence-corrected chi connectivity index (χ4v) is 2.94. The molecular weight excluding hydrogens is 304 g/mol. The van der Waals surface area contributed by atoms with E-state index < -0.39 is 0 Å². The maximum atomic E-state index is 12.0. The lowest BCUT2D eigenvalue weighted by molar-refractivity contribution is 0.101.